The highest BCUT2D eigenvalue weighted by molar-refractivity contribution is 5.87. The van der Waals surface area contributed by atoms with Crippen LogP contribution in [0.3, 0.4) is 0 Å². The summed E-state index contributed by atoms with van der Waals surface area (Å²) in [6.45, 7) is 0. The Morgan fingerprint density at radius 1 is 0.774 bits per heavy atom. The van der Waals surface area contributed by atoms with Crippen molar-refractivity contribution < 1.29 is 4.74 Å². The molecule has 4 aromatic rings. The molecule has 1 aliphatic rings. The SMILES string of the molecule is COc1ccc(C=C2CCCc3c(-c4ccccc4)cc(-c4ccccc4)nc32)cc1. The van der Waals surface area contributed by atoms with Crippen molar-refractivity contribution in [2.24, 2.45) is 0 Å². The molecule has 2 nitrogen and oxygen atoms in total. The van der Waals surface area contributed by atoms with Crippen LogP contribution in [0.1, 0.15) is 29.7 Å². The lowest BCUT2D eigenvalue weighted by atomic mass is 9.84. The Morgan fingerprint density at radius 2 is 1.45 bits per heavy atom. The zero-order valence-corrected chi connectivity index (χ0v) is 17.7. The van der Waals surface area contributed by atoms with Gasteiger partial charge in [-0.25, -0.2) is 4.98 Å². The van der Waals surface area contributed by atoms with Crippen molar-refractivity contribution in [1.82, 2.24) is 4.98 Å². The lowest BCUT2D eigenvalue weighted by Crippen LogP contribution is -2.08. The summed E-state index contributed by atoms with van der Waals surface area (Å²) in [5.74, 6) is 0.877. The first kappa shape index (κ1) is 19.3. The van der Waals surface area contributed by atoms with Crippen molar-refractivity contribution in [1.29, 1.82) is 0 Å². The minimum absolute atomic E-state index is 0.877. The number of ether oxygens (including phenoxy) is 1. The first-order valence-electron chi connectivity index (χ1n) is 10.8. The van der Waals surface area contributed by atoms with Gasteiger partial charge in [-0.15, -0.1) is 0 Å². The van der Waals surface area contributed by atoms with Crippen LogP contribution in [0.4, 0.5) is 0 Å². The third-order valence-electron chi connectivity index (χ3n) is 5.91. The van der Waals surface area contributed by atoms with Gasteiger partial charge in [-0.1, -0.05) is 72.8 Å². The zero-order chi connectivity index (χ0) is 21.0. The van der Waals surface area contributed by atoms with Gasteiger partial charge in [0.25, 0.3) is 0 Å². The third kappa shape index (κ3) is 4.02. The number of rotatable bonds is 4. The number of pyridine rings is 1. The number of methoxy groups -OCH3 is 1. The molecule has 0 spiro atoms. The van der Waals surface area contributed by atoms with Crippen molar-refractivity contribution in [3.63, 3.8) is 0 Å². The van der Waals surface area contributed by atoms with Gasteiger partial charge in [0.2, 0.25) is 0 Å². The summed E-state index contributed by atoms with van der Waals surface area (Å²) >= 11 is 0. The van der Waals surface area contributed by atoms with Gasteiger partial charge < -0.3 is 4.74 Å². The van der Waals surface area contributed by atoms with Crippen LogP contribution in [-0.4, -0.2) is 12.1 Å². The molecule has 0 saturated carbocycles. The molecule has 0 amide bonds. The largest absolute Gasteiger partial charge is 0.497 e. The van der Waals surface area contributed by atoms with Crippen molar-refractivity contribution in [3.05, 3.63) is 108 Å². The van der Waals surface area contributed by atoms with Gasteiger partial charge in [-0.3, -0.25) is 0 Å². The molecule has 2 heteroatoms. The van der Waals surface area contributed by atoms with Crippen molar-refractivity contribution in [2.45, 2.75) is 19.3 Å². The molecule has 1 aromatic heterocycles. The lowest BCUT2D eigenvalue weighted by Gasteiger charge is -2.23. The quantitative estimate of drug-likeness (QED) is 0.357. The number of fused-ring (bicyclic) bond motifs is 1. The molecular formula is C29H25NO. The maximum absolute atomic E-state index is 5.31. The summed E-state index contributed by atoms with van der Waals surface area (Å²) in [6.07, 6.45) is 5.52. The standard InChI is InChI=1S/C29H25NO/c1-31-25-17-15-21(16-18-25)19-24-13-8-14-26-27(22-9-4-2-5-10-22)20-28(30-29(24)26)23-11-6-3-7-12-23/h2-7,9-12,15-20H,8,13-14H2,1H3. The first-order valence-corrected chi connectivity index (χ1v) is 10.8. The van der Waals surface area contributed by atoms with E-state index in [0.717, 1.165) is 42.0 Å². The second-order valence-electron chi connectivity index (χ2n) is 7.91. The van der Waals surface area contributed by atoms with E-state index in [-0.39, 0.29) is 0 Å². The molecule has 0 atom stereocenters. The second kappa shape index (κ2) is 8.61. The van der Waals surface area contributed by atoms with Crippen molar-refractivity contribution >= 4 is 11.6 Å². The molecule has 0 fully saturated rings. The van der Waals surface area contributed by atoms with E-state index in [1.165, 1.54) is 27.8 Å². The van der Waals surface area contributed by atoms with E-state index in [2.05, 4.69) is 84.9 Å². The number of aromatic nitrogens is 1. The molecule has 0 unspecified atom stereocenters. The Morgan fingerprint density at radius 3 is 2.13 bits per heavy atom. The van der Waals surface area contributed by atoms with E-state index in [4.69, 9.17) is 9.72 Å². The van der Waals surface area contributed by atoms with Crippen LogP contribution in [0, 0.1) is 0 Å². The van der Waals surface area contributed by atoms with E-state index >= 15 is 0 Å². The molecule has 0 saturated heterocycles. The molecule has 152 valence electrons. The Labute approximate surface area is 183 Å². The van der Waals surface area contributed by atoms with Crippen LogP contribution in [0.5, 0.6) is 5.75 Å². The Kier molecular flexibility index (Phi) is 5.37. The van der Waals surface area contributed by atoms with E-state index in [0.29, 0.717) is 0 Å². The van der Waals surface area contributed by atoms with Gasteiger partial charge >= 0.3 is 0 Å². The monoisotopic (exact) mass is 403 g/mol. The van der Waals surface area contributed by atoms with Gasteiger partial charge in [-0.05, 0) is 71.4 Å². The summed E-state index contributed by atoms with van der Waals surface area (Å²) in [6, 6.07) is 31.7. The highest BCUT2D eigenvalue weighted by Crippen LogP contribution is 2.39. The highest BCUT2D eigenvalue weighted by Gasteiger charge is 2.21. The Hall–Kier alpha value is -3.65. The number of hydrogen-bond acceptors (Lipinski definition) is 2. The number of hydrogen-bond donors (Lipinski definition) is 0. The van der Waals surface area contributed by atoms with Gasteiger partial charge in [0.1, 0.15) is 5.75 Å². The van der Waals surface area contributed by atoms with Crippen LogP contribution in [0.15, 0.2) is 91.0 Å². The average molecular weight is 404 g/mol. The van der Waals surface area contributed by atoms with Crippen molar-refractivity contribution in [3.8, 4) is 28.1 Å². The summed E-state index contributed by atoms with van der Waals surface area (Å²) in [5.41, 5.74) is 9.71. The summed E-state index contributed by atoms with van der Waals surface area (Å²) < 4.78 is 5.31. The smallest absolute Gasteiger partial charge is 0.118 e. The van der Waals surface area contributed by atoms with Crippen molar-refractivity contribution in [2.75, 3.05) is 7.11 Å². The number of allylic oxidation sites excluding steroid dienone is 1. The molecule has 1 heterocycles. The van der Waals surface area contributed by atoms with E-state index in [9.17, 15) is 0 Å². The van der Waals surface area contributed by atoms with Gasteiger partial charge in [0.05, 0.1) is 18.5 Å². The zero-order valence-electron chi connectivity index (χ0n) is 17.7. The molecule has 5 rings (SSSR count). The fourth-order valence-corrected chi connectivity index (χ4v) is 4.34. The predicted molar refractivity (Wildman–Crippen MR) is 129 cm³/mol. The van der Waals surface area contributed by atoms with Crippen LogP contribution in [-0.2, 0) is 6.42 Å². The molecule has 3 aromatic carbocycles. The van der Waals surface area contributed by atoms with Crippen LogP contribution >= 0.6 is 0 Å². The Balaban J connectivity index is 1.68. The summed E-state index contributed by atoms with van der Waals surface area (Å²) in [7, 11) is 1.70. The van der Waals surface area contributed by atoms with Gasteiger partial charge in [0.15, 0.2) is 0 Å². The first-order chi connectivity index (χ1) is 15.3. The fourth-order valence-electron chi connectivity index (χ4n) is 4.34. The summed E-state index contributed by atoms with van der Waals surface area (Å²) in [4.78, 5) is 5.19. The molecule has 0 aliphatic heterocycles. The minimum atomic E-state index is 0.877. The molecular weight excluding hydrogens is 378 g/mol. The second-order valence-corrected chi connectivity index (χ2v) is 7.91. The van der Waals surface area contributed by atoms with Crippen LogP contribution < -0.4 is 4.74 Å². The van der Waals surface area contributed by atoms with E-state index in [1.807, 2.05) is 12.1 Å². The predicted octanol–water partition coefficient (Wildman–Crippen LogP) is 7.30. The fraction of sp³-hybridized carbons (Fsp3) is 0.138. The Bertz CT molecular complexity index is 1210. The molecule has 0 N–H and O–H groups in total. The lowest BCUT2D eigenvalue weighted by molar-refractivity contribution is 0.415. The molecule has 0 radical (unpaired) electrons. The maximum Gasteiger partial charge on any atom is 0.118 e. The van der Waals surface area contributed by atoms with Crippen LogP contribution in [0.25, 0.3) is 34.0 Å². The summed E-state index contributed by atoms with van der Waals surface area (Å²) in [5, 5.41) is 0. The highest BCUT2D eigenvalue weighted by atomic mass is 16.5. The molecule has 31 heavy (non-hydrogen) atoms. The van der Waals surface area contributed by atoms with Gasteiger partial charge in [-0.2, -0.15) is 0 Å². The topological polar surface area (TPSA) is 22.1 Å². The molecule has 1 aliphatic carbocycles. The maximum atomic E-state index is 5.31. The number of benzene rings is 3. The third-order valence-corrected chi connectivity index (χ3v) is 5.91. The number of nitrogens with zero attached hydrogens (tertiary/aromatic N) is 1. The molecule has 0 bridgehead atoms. The average Bonchev–Trinajstić information content (AvgIpc) is 2.85. The normalized spacial score (nSPS) is 14.3. The van der Waals surface area contributed by atoms with E-state index in [1.54, 1.807) is 7.11 Å². The van der Waals surface area contributed by atoms with E-state index < -0.39 is 0 Å². The minimum Gasteiger partial charge on any atom is -0.497 e. The van der Waals surface area contributed by atoms with Crippen LogP contribution in [0.2, 0.25) is 0 Å². The van der Waals surface area contributed by atoms with Gasteiger partial charge in [0, 0.05) is 5.56 Å².